The summed E-state index contributed by atoms with van der Waals surface area (Å²) in [5.74, 6) is -0.478. The number of sulfonamides is 1. The van der Waals surface area contributed by atoms with Crippen LogP contribution in [0, 0.1) is 5.82 Å². The molecule has 1 aliphatic carbocycles. The number of carbonyl (C=O) groups is 2. The molecule has 0 unspecified atom stereocenters. The third-order valence-corrected chi connectivity index (χ3v) is 9.23. The van der Waals surface area contributed by atoms with Crippen LogP contribution in [0.4, 0.5) is 10.1 Å². The van der Waals surface area contributed by atoms with Crippen LogP contribution in [-0.4, -0.2) is 57.1 Å². The Morgan fingerprint density at radius 1 is 0.955 bits per heavy atom. The van der Waals surface area contributed by atoms with Crippen molar-refractivity contribution in [1.82, 2.24) is 10.2 Å². The van der Waals surface area contributed by atoms with Crippen LogP contribution in [0.3, 0.4) is 0 Å². The van der Waals surface area contributed by atoms with Gasteiger partial charge in [0.1, 0.15) is 17.6 Å². The monoisotopic (exact) mass is 623 g/mol. The first kappa shape index (κ1) is 33.0. The Kier molecular flexibility index (Phi) is 11.8. The zero-order valence-corrected chi connectivity index (χ0v) is 26.3. The van der Waals surface area contributed by atoms with Gasteiger partial charge in [0.05, 0.1) is 19.1 Å². The number of anilines is 1. The number of rotatable bonds is 14. The highest BCUT2D eigenvalue weighted by atomic mass is 32.2. The van der Waals surface area contributed by atoms with E-state index in [0.717, 1.165) is 43.9 Å². The van der Waals surface area contributed by atoms with Gasteiger partial charge in [-0.3, -0.25) is 13.9 Å². The molecule has 1 atom stereocenters. The second-order valence-corrected chi connectivity index (χ2v) is 13.2. The van der Waals surface area contributed by atoms with E-state index in [-0.39, 0.29) is 50.2 Å². The molecule has 1 aliphatic rings. The van der Waals surface area contributed by atoms with E-state index in [4.69, 9.17) is 4.74 Å². The Morgan fingerprint density at radius 3 is 2.25 bits per heavy atom. The summed E-state index contributed by atoms with van der Waals surface area (Å²) in [6.45, 7) is -0.0303. The minimum Gasteiger partial charge on any atom is -0.497 e. The molecule has 0 heterocycles. The highest BCUT2D eigenvalue weighted by Gasteiger charge is 2.32. The molecule has 0 aliphatic heterocycles. The lowest BCUT2D eigenvalue weighted by Crippen LogP contribution is -2.53. The van der Waals surface area contributed by atoms with Crippen molar-refractivity contribution in [2.75, 3.05) is 24.2 Å². The van der Waals surface area contributed by atoms with Crippen molar-refractivity contribution < 1.29 is 27.1 Å². The predicted molar refractivity (Wildman–Crippen MR) is 170 cm³/mol. The van der Waals surface area contributed by atoms with Crippen LogP contribution in [0.15, 0.2) is 78.9 Å². The van der Waals surface area contributed by atoms with Gasteiger partial charge in [-0.2, -0.15) is 0 Å². The van der Waals surface area contributed by atoms with Gasteiger partial charge in [-0.05, 0) is 55.2 Å². The maximum atomic E-state index is 14.9. The zero-order chi connectivity index (χ0) is 31.5. The molecular weight excluding hydrogens is 581 g/mol. The molecule has 1 fully saturated rings. The first-order chi connectivity index (χ1) is 21.2. The summed E-state index contributed by atoms with van der Waals surface area (Å²) in [5.41, 5.74) is 1.64. The quantitative estimate of drug-likeness (QED) is 0.257. The number of benzene rings is 3. The fraction of sp³-hybridized carbons (Fsp3) is 0.412. The molecule has 0 bridgehead atoms. The molecule has 0 spiro atoms. The standard InChI is InChI=1S/C34H42FN3O5S/c1-43-30-21-19-29(20-22-30)38(44(2,41)42)23-11-18-33(39)37(25-27-14-9-10-17-31(27)35)32(24-26-12-5-3-6-13-26)34(40)36-28-15-7-4-8-16-28/h3,5-6,9-10,12-14,17,19-22,28,32H,4,7-8,11,15-16,18,23-25H2,1-2H3,(H,36,40)/t32-/m0/s1. The topological polar surface area (TPSA) is 96.0 Å². The summed E-state index contributed by atoms with van der Waals surface area (Å²) in [6.07, 6.45) is 6.55. The average molecular weight is 624 g/mol. The molecule has 2 amide bonds. The van der Waals surface area contributed by atoms with Crippen LogP contribution < -0.4 is 14.4 Å². The van der Waals surface area contributed by atoms with E-state index in [9.17, 15) is 22.4 Å². The zero-order valence-electron chi connectivity index (χ0n) is 25.5. The molecule has 3 aromatic rings. The molecule has 44 heavy (non-hydrogen) atoms. The third kappa shape index (κ3) is 9.29. The molecule has 0 aromatic heterocycles. The second kappa shape index (κ2) is 15.7. The largest absolute Gasteiger partial charge is 0.497 e. The highest BCUT2D eigenvalue weighted by Crippen LogP contribution is 2.24. The van der Waals surface area contributed by atoms with Crippen LogP contribution in [0.5, 0.6) is 5.75 Å². The maximum absolute atomic E-state index is 14.9. The average Bonchev–Trinajstić information content (AvgIpc) is 3.02. The fourth-order valence-corrected chi connectivity index (χ4v) is 6.63. The van der Waals surface area contributed by atoms with Gasteiger partial charge in [-0.1, -0.05) is 67.8 Å². The SMILES string of the molecule is COc1ccc(N(CCCC(=O)N(Cc2ccccc2F)[C@@H](Cc2ccccc2)C(=O)NC2CCCCC2)S(C)(=O)=O)cc1. The van der Waals surface area contributed by atoms with E-state index in [0.29, 0.717) is 17.0 Å². The van der Waals surface area contributed by atoms with Crippen molar-refractivity contribution in [3.63, 3.8) is 0 Å². The lowest BCUT2D eigenvalue weighted by Gasteiger charge is -2.34. The van der Waals surface area contributed by atoms with Gasteiger partial charge in [0.25, 0.3) is 0 Å². The number of amides is 2. The van der Waals surface area contributed by atoms with E-state index in [2.05, 4.69) is 5.32 Å². The van der Waals surface area contributed by atoms with Gasteiger partial charge in [-0.15, -0.1) is 0 Å². The van der Waals surface area contributed by atoms with Crippen molar-refractivity contribution in [2.24, 2.45) is 0 Å². The summed E-state index contributed by atoms with van der Waals surface area (Å²) in [6, 6.07) is 21.5. The third-order valence-electron chi connectivity index (χ3n) is 8.03. The van der Waals surface area contributed by atoms with Gasteiger partial charge in [0, 0.05) is 37.5 Å². The van der Waals surface area contributed by atoms with Crippen LogP contribution in [0.2, 0.25) is 0 Å². The Labute approximate surface area is 260 Å². The number of nitrogens with zero attached hydrogens (tertiary/aromatic N) is 2. The van der Waals surface area contributed by atoms with Gasteiger partial charge < -0.3 is 15.0 Å². The highest BCUT2D eigenvalue weighted by molar-refractivity contribution is 7.92. The van der Waals surface area contributed by atoms with Crippen molar-refractivity contribution in [3.05, 3.63) is 95.8 Å². The number of nitrogens with one attached hydrogen (secondary N) is 1. The van der Waals surface area contributed by atoms with Crippen LogP contribution in [0.1, 0.15) is 56.1 Å². The van der Waals surface area contributed by atoms with Crippen LogP contribution in [-0.2, 0) is 32.6 Å². The number of hydrogen-bond donors (Lipinski definition) is 1. The lowest BCUT2D eigenvalue weighted by atomic mass is 9.94. The smallest absolute Gasteiger partial charge is 0.243 e. The van der Waals surface area contributed by atoms with Gasteiger partial charge in [0.2, 0.25) is 21.8 Å². The number of methoxy groups -OCH3 is 1. The Bertz CT molecular complexity index is 1480. The summed E-state index contributed by atoms with van der Waals surface area (Å²) in [5, 5.41) is 3.18. The van der Waals surface area contributed by atoms with Crippen molar-refractivity contribution in [1.29, 1.82) is 0 Å². The Morgan fingerprint density at radius 2 is 1.61 bits per heavy atom. The van der Waals surface area contributed by atoms with Gasteiger partial charge in [0.15, 0.2) is 0 Å². The molecule has 3 aromatic carbocycles. The Hall–Kier alpha value is -3.92. The molecule has 4 rings (SSSR count). The van der Waals surface area contributed by atoms with Gasteiger partial charge in [-0.25, -0.2) is 12.8 Å². The van der Waals surface area contributed by atoms with Crippen molar-refractivity contribution >= 4 is 27.5 Å². The normalized spacial score (nSPS) is 14.4. The second-order valence-electron chi connectivity index (χ2n) is 11.3. The van der Waals surface area contributed by atoms with Crippen molar-refractivity contribution in [3.8, 4) is 5.75 Å². The molecular formula is C34H42FN3O5S. The summed E-state index contributed by atoms with van der Waals surface area (Å²) < 4.78 is 46.7. The summed E-state index contributed by atoms with van der Waals surface area (Å²) in [4.78, 5) is 29.3. The minimum atomic E-state index is -3.64. The molecule has 8 nitrogen and oxygen atoms in total. The molecule has 0 radical (unpaired) electrons. The lowest BCUT2D eigenvalue weighted by molar-refractivity contribution is -0.141. The van der Waals surface area contributed by atoms with E-state index in [1.165, 1.54) is 22.4 Å². The fourth-order valence-electron chi connectivity index (χ4n) is 5.66. The molecule has 1 saturated carbocycles. The van der Waals surface area contributed by atoms with Crippen molar-refractivity contribution in [2.45, 2.75) is 70.0 Å². The van der Waals surface area contributed by atoms with Crippen LogP contribution >= 0.6 is 0 Å². The number of carbonyl (C=O) groups excluding carboxylic acids is 2. The Balaban J connectivity index is 1.58. The van der Waals surface area contributed by atoms with E-state index < -0.39 is 21.9 Å². The number of halogens is 1. The van der Waals surface area contributed by atoms with E-state index in [1.54, 1.807) is 42.5 Å². The summed E-state index contributed by atoms with van der Waals surface area (Å²) in [7, 11) is -2.11. The predicted octanol–water partition coefficient (Wildman–Crippen LogP) is 5.47. The molecule has 10 heteroatoms. The first-order valence-electron chi connectivity index (χ1n) is 15.1. The molecule has 1 N–H and O–H groups in total. The van der Waals surface area contributed by atoms with Crippen LogP contribution in [0.25, 0.3) is 0 Å². The first-order valence-corrected chi connectivity index (χ1v) is 17.0. The molecule has 236 valence electrons. The summed E-state index contributed by atoms with van der Waals surface area (Å²) >= 11 is 0. The van der Waals surface area contributed by atoms with E-state index >= 15 is 0 Å². The van der Waals surface area contributed by atoms with E-state index in [1.807, 2.05) is 30.3 Å². The molecule has 0 saturated heterocycles. The minimum absolute atomic E-state index is 0.0291. The maximum Gasteiger partial charge on any atom is 0.243 e. The number of ether oxygens (including phenoxy) is 1. The number of hydrogen-bond acceptors (Lipinski definition) is 5. The van der Waals surface area contributed by atoms with Gasteiger partial charge >= 0.3 is 0 Å².